The minimum Gasteiger partial charge on any atom is -0.480 e. The van der Waals surface area contributed by atoms with Crippen molar-refractivity contribution in [1.29, 1.82) is 0 Å². The molecule has 0 radical (unpaired) electrons. The van der Waals surface area contributed by atoms with Crippen molar-refractivity contribution in [2.24, 2.45) is 0 Å². The van der Waals surface area contributed by atoms with Crippen LogP contribution in [0.5, 0.6) is 5.88 Å². The molecule has 114 valence electrons. The van der Waals surface area contributed by atoms with Crippen LogP contribution >= 0.6 is 0 Å². The molecule has 2 aromatic rings. The molecule has 0 spiro atoms. The number of ether oxygens (including phenoxy) is 1. The number of aromatic nitrogens is 1. The normalized spacial score (nSPS) is 20.9. The Hall–Kier alpha value is -2.40. The zero-order valence-corrected chi connectivity index (χ0v) is 12.4. The first-order chi connectivity index (χ1) is 10.6. The van der Waals surface area contributed by atoms with Gasteiger partial charge in [-0.2, -0.15) is 0 Å². The first kappa shape index (κ1) is 14.5. The van der Waals surface area contributed by atoms with Crippen LogP contribution in [0.25, 0.3) is 0 Å². The largest absolute Gasteiger partial charge is 0.480 e. The number of carbonyl (C=O) groups excluding carboxylic acids is 1. The molecule has 5 heteroatoms. The average Bonchev–Trinajstić information content (AvgIpc) is 2.98. The van der Waals surface area contributed by atoms with E-state index in [1.807, 2.05) is 30.3 Å². The van der Waals surface area contributed by atoms with Gasteiger partial charge in [0, 0.05) is 12.7 Å². The maximum atomic E-state index is 12.6. The van der Waals surface area contributed by atoms with E-state index in [-0.39, 0.29) is 12.5 Å². The molecule has 1 N–H and O–H groups in total. The molecule has 0 unspecified atom stereocenters. The van der Waals surface area contributed by atoms with Gasteiger partial charge in [-0.25, -0.2) is 4.98 Å². The first-order valence-corrected chi connectivity index (χ1v) is 7.20. The summed E-state index contributed by atoms with van der Waals surface area (Å²) >= 11 is 0. The second-order valence-electron chi connectivity index (χ2n) is 5.43. The lowest BCUT2D eigenvalue weighted by molar-refractivity contribution is 0.0416. The molecule has 0 saturated carbocycles. The molecule has 2 heterocycles. The Morgan fingerprint density at radius 3 is 2.77 bits per heavy atom. The summed E-state index contributed by atoms with van der Waals surface area (Å²) in [7, 11) is 1.49. The number of hydrogen-bond donors (Lipinski definition) is 1. The van der Waals surface area contributed by atoms with Gasteiger partial charge in [0.2, 0.25) is 5.88 Å². The second kappa shape index (κ2) is 5.77. The zero-order valence-electron chi connectivity index (χ0n) is 12.4. The van der Waals surface area contributed by atoms with Crippen LogP contribution in [-0.4, -0.2) is 41.1 Å². The molecule has 0 bridgehead atoms. The fourth-order valence-corrected chi connectivity index (χ4v) is 2.84. The molecule has 1 saturated heterocycles. The van der Waals surface area contributed by atoms with Gasteiger partial charge >= 0.3 is 0 Å². The fourth-order valence-electron chi connectivity index (χ4n) is 2.84. The van der Waals surface area contributed by atoms with Crippen molar-refractivity contribution in [3.05, 3.63) is 59.8 Å². The summed E-state index contributed by atoms with van der Waals surface area (Å²) in [4.78, 5) is 18.3. The molecule has 22 heavy (non-hydrogen) atoms. The molecule has 3 rings (SSSR count). The molecule has 1 aliphatic heterocycles. The quantitative estimate of drug-likeness (QED) is 0.939. The summed E-state index contributed by atoms with van der Waals surface area (Å²) in [5.41, 5.74) is 0.262. The molecule has 0 aliphatic carbocycles. The summed E-state index contributed by atoms with van der Waals surface area (Å²) in [6.45, 7) is 0.774. The van der Waals surface area contributed by atoms with Crippen LogP contribution < -0.4 is 4.74 Å². The van der Waals surface area contributed by atoms with E-state index in [1.165, 1.54) is 7.11 Å². The third-order valence-electron chi connectivity index (χ3n) is 4.04. The predicted molar refractivity (Wildman–Crippen MR) is 81.6 cm³/mol. The minimum atomic E-state index is -0.994. The summed E-state index contributed by atoms with van der Waals surface area (Å²) < 4.78 is 5.14. The maximum absolute atomic E-state index is 12.6. The van der Waals surface area contributed by atoms with Crippen LogP contribution in [0.2, 0.25) is 0 Å². The van der Waals surface area contributed by atoms with E-state index in [9.17, 15) is 9.90 Å². The van der Waals surface area contributed by atoms with E-state index in [4.69, 9.17) is 4.74 Å². The average molecular weight is 298 g/mol. The SMILES string of the molecule is COc1ncccc1C(=O)N1CC[C@](O)(c2ccccc2)C1. The van der Waals surface area contributed by atoms with Gasteiger partial charge in [0.05, 0.1) is 13.7 Å². The highest BCUT2D eigenvalue weighted by molar-refractivity contribution is 5.96. The Morgan fingerprint density at radius 2 is 2.05 bits per heavy atom. The minimum absolute atomic E-state index is 0.170. The Labute approximate surface area is 129 Å². The molecule has 1 aromatic heterocycles. The molecular formula is C17H18N2O3. The van der Waals surface area contributed by atoms with Gasteiger partial charge < -0.3 is 14.7 Å². The lowest BCUT2D eigenvalue weighted by Crippen LogP contribution is -2.34. The summed E-state index contributed by atoms with van der Waals surface area (Å²) in [5.74, 6) is 0.138. The molecular weight excluding hydrogens is 280 g/mol. The number of benzene rings is 1. The van der Waals surface area contributed by atoms with Crippen LogP contribution in [0.3, 0.4) is 0 Å². The fraction of sp³-hybridized carbons (Fsp3) is 0.294. The second-order valence-corrected chi connectivity index (χ2v) is 5.43. The number of methoxy groups -OCH3 is 1. The lowest BCUT2D eigenvalue weighted by atomic mass is 9.93. The van der Waals surface area contributed by atoms with E-state index >= 15 is 0 Å². The number of nitrogens with zero attached hydrogens (tertiary/aromatic N) is 2. The number of likely N-dealkylation sites (tertiary alicyclic amines) is 1. The smallest absolute Gasteiger partial charge is 0.259 e. The van der Waals surface area contributed by atoms with Gasteiger partial charge in [0.25, 0.3) is 5.91 Å². The number of hydrogen-bond acceptors (Lipinski definition) is 4. The highest BCUT2D eigenvalue weighted by Crippen LogP contribution is 2.33. The maximum Gasteiger partial charge on any atom is 0.259 e. The van der Waals surface area contributed by atoms with Crippen LogP contribution in [0.15, 0.2) is 48.7 Å². The van der Waals surface area contributed by atoms with Crippen molar-refractivity contribution in [3.63, 3.8) is 0 Å². The third kappa shape index (κ3) is 2.55. The van der Waals surface area contributed by atoms with Gasteiger partial charge in [-0.15, -0.1) is 0 Å². The van der Waals surface area contributed by atoms with Crippen molar-refractivity contribution in [3.8, 4) is 5.88 Å². The molecule has 5 nitrogen and oxygen atoms in total. The predicted octanol–water partition coefficient (Wildman–Crippen LogP) is 1.82. The van der Waals surface area contributed by atoms with Crippen LogP contribution in [0.4, 0.5) is 0 Å². The Kier molecular flexibility index (Phi) is 3.81. The number of pyridine rings is 1. The van der Waals surface area contributed by atoms with E-state index in [2.05, 4.69) is 4.98 Å². The van der Waals surface area contributed by atoms with Gasteiger partial charge in [0.1, 0.15) is 11.2 Å². The number of amides is 1. The van der Waals surface area contributed by atoms with Crippen molar-refractivity contribution in [2.75, 3.05) is 20.2 Å². The van der Waals surface area contributed by atoms with Gasteiger partial charge in [0.15, 0.2) is 0 Å². The Balaban J connectivity index is 1.82. The van der Waals surface area contributed by atoms with Crippen LogP contribution in [0.1, 0.15) is 22.3 Å². The monoisotopic (exact) mass is 298 g/mol. The highest BCUT2D eigenvalue weighted by Gasteiger charge is 2.40. The summed E-state index contributed by atoms with van der Waals surface area (Å²) in [5, 5.41) is 10.8. The van der Waals surface area contributed by atoms with Gasteiger partial charge in [-0.3, -0.25) is 4.79 Å². The topological polar surface area (TPSA) is 62.7 Å². The van der Waals surface area contributed by atoms with E-state index in [1.54, 1.807) is 23.2 Å². The van der Waals surface area contributed by atoms with Gasteiger partial charge in [-0.1, -0.05) is 30.3 Å². The Morgan fingerprint density at radius 1 is 1.27 bits per heavy atom. The number of carbonyl (C=O) groups is 1. The summed E-state index contributed by atoms with van der Waals surface area (Å²) in [6, 6.07) is 12.9. The van der Waals surface area contributed by atoms with E-state index in [0.717, 1.165) is 5.56 Å². The molecule has 1 atom stereocenters. The Bertz CT molecular complexity index is 675. The molecule has 1 fully saturated rings. The number of aliphatic hydroxyl groups is 1. The van der Waals surface area contributed by atoms with Crippen molar-refractivity contribution >= 4 is 5.91 Å². The standard InChI is InChI=1S/C17H18N2O3/c1-22-15-14(8-5-10-18-15)16(20)19-11-9-17(21,12-19)13-6-3-2-4-7-13/h2-8,10,21H,9,11-12H2,1H3/t17-/m1/s1. The van der Waals surface area contributed by atoms with Crippen molar-refractivity contribution < 1.29 is 14.6 Å². The van der Waals surface area contributed by atoms with E-state index in [0.29, 0.717) is 24.4 Å². The number of rotatable bonds is 3. The first-order valence-electron chi connectivity index (χ1n) is 7.20. The third-order valence-corrected chi connectivity index (χ3v) is 4.04. The summed E-state index contributed by atoms with van der Waals surface area (Å²) in [6.07, 6.45) is 2.10. The van der Waals surface area contributed by atoms with E-state index < -0.39 is 5.60 Å². The molecule has 1 amide bonds. The molecule has 1 aromatic carbocycles. The zero-order chi connectivity index (χ0) is 15.6. The van der Waals surface area contributed by atoms with Gasteiger partial charge in [-0.05, 0) is 24.1 Å². The van der Waals surface area contributed by atoms with Crippen LogP contribution in [0, 0.1) is 0 Å². The highest BCUT2D eigenvalue weighted by atomic mass is 16.5. The van der Waals surface area contributed by atoms with Crippen LogP contribution in [-0.2, 0) is 5.60 Å². The lowest BCUT2D eigenvalue weighted by Gasteiger charge is -2.24. The number of β-amino-alcohol motifs (C(OH)–C–C–N with tert-alkyl or cyclic N) is 1. The van der Waals surface area contributed by atoms with Crippen molar-refractivity contribution in [2.45, 2.75) is 12.0 Å². The molecule has 1 aliphatic rings. The van der Waals surface area contributed by atoms with Crippen molar-refractivity contribution in [1.82, 2.24) is 9.88 Å².